The highest BCUT2D eigenvalue weighted by atomic mass is 79.9. The predicted octanol–water partition coefficient (Wildman–Crippen LogP) is 4.22. The average molecular weight is 428 g/mol. The summed E-state index contributed by atoms with van der Waals surface area (Å²) in [7, 11) is 0. The summed E-state index contributed by atoms with van der Waals surface area (Å²) in [6.45, 7) is 1.16. The average Bonchev–Trinajstić information content (AvgIpc) is 3.37. The summed E-state index contributed by atoms with van der Waals surface area (Å²) >= 11 is 3.45. The van der Waals surface area contributed by atoms with Crippen molar-refractivity contribution in [2.45, 2.75) is 18.9 Å². The molecule has 134 valence electrons. The quantitative estimate of drug-likeness (QED) is 0.695. The maximum atomic E-state index is 13.6. The topological polar surface area (TPSA) is 41.1 Å². The second-order valence-electron chi connectivity index (χ2n) is 6.18. The van der Waals surface area contributed by atoms with Crippen LogP contribution in [-0.4, -0.2) is 19.0 Å². The summed E-state index contributed by atoms with van der Waals surface area (Å²) in [5, 5.41) is 6.19. The van der Waals surface area contributed by atoms with E-state index in [1.165, 1.54) is 25.0 Å². The number of hydrogen-bond donors (Lipinski definition) is 2. The Bertz CT molecular complexity index is 679. The fourth-order valence-corrected chi connectivity index (χ4v) is 3.07. The Labute approximate surface area is 161 Å². The first-order chi connectivity index (χ1) is 11.6. The zero-order chi connectivity index (χ0) is 16.9. The third-order valence-corrected chi connectivity index (χ3v) is 4.58. The van der Waals surface area contributed by atoms with Crippen molar-refractivity contribution in [2.75, 3.05) is 13.1 Å². The Kier molecular flexibility index (Phi) is 7.41. The van der Waals surface area contributed by atoms with E-state index >= 15 is 0 Å². The van der Waals surface area contributed by atoms with Gasteiger partial charge < -0.3 is 10.6 Å². The standard InChI is InChI=1S/C19H20BrFN2O.ClH/c20-16-5-1-3-14(9-16)19(15-4-2-6-17(21)10-15)23-18(24)12-22-11-13-7-8-13;/h1-6,9-10,13,19,22H,7-8,11-12H2,(H,23,24);1H. The number of nitrogens with one attached hydrogen (secondary N) is 2. The van der Waals surface area contributed by atoms with Gasteiger partial charge in [0.25, 0.3) is 0 Å². The normalized spacial score (nSPS) is 14.5. The Balaban J connectivity index is 0.00000225. The summed E-state index contributed by atoms with van der Waals surface area (Å²) in [6.07, 6.45) is 2.50. The van der Waals surface area contributed by atoms with Crippen LogP contribution in [0.25, 0.3) is 0 Å². The van der Waals surface area contributed by atoms with E-state index in [9.17, 15) is 9.18 Å². The molecular weight excluding hydrogens is 407 g/mol. The van der Waals surface area contributed by atoms with Crippen molar-refractivity contribution in [3.8, 4) is 0 Å². The molecule has 25 heavy (non-hydrogen) atoms. The fourth-order valence-electron chi connectivity index (χ4n) is 2.66. The summed E-state index contributed by atoms with van der Waals surface area (Å²) in [4.78, 5) is 12.3. The highest BCUT2D eigenvalue weighted by molar-refractivity contribution is 9.10. The smallest absolute Gasteiger partial charge is 0.234 e. The lowest BCUT2D eigenvalue weighted by molar-refractivity contribution is -0.120. The molecule has 1 aliphatic rings. The van der Waals surface area contributed by atoms with Gasteiger partial charge in [0, 0.05) is 4.47 Å². The van der Waals surface area contributed by atoms with Crippen molar-refractivity contribution in [1.29, 1.82) is 0 Å². The van der Waals surface area contributed by atoms with Gasteiger partial charge >= 0.3 is 0 Å². The first-order valence-corrected chi connectivity index (χ1v) is 8.92. The number of carbonyl (C=O) groups is 1. The van der Waals surface area contributed by atoms with E-state index in [0.717, 1.165) is 28.1 Å². The van der Waals surface area contributed by atoms with Gasteiger partial charge in [0.1, 0.15) is 5.82 Å². The van der Waals surface area contributed by atoms with Crippen LogP contribution in [0.4, 0.5) is 4.39 Å². The van der Waals surface area contributed by atoms with Gasteiger partial charge in [-0.1, -0.05) is 40.2 Å². The van der Waals surface area contributed by atoms with E-state index in [1.807, 2.05) is 30.3 Å². The Morgan fingerprint density at radius 1 is 1.16 bits per heavy atom. The molecule has 2 N–H and O–H groups in total. The molecule has 1 amide bonds. The molecule has 6 heteroatoms. The molecule has 1 aliphatic carbocycles. The van der Waals surface area contributed by atoms with Crippen LogP contribution in [0, 0.1) is 11.7 Å². The largest absolute Gasteiger partial charge is 0.344 e. The zero-order valence-corrected chi connectivity index (χ0v) is 16.1. The SMILES string of the molecule is Cl.O=C(CNCC1CC1)NC(c1cccc(F)c1)c1cccc(Br)c1. The van der Waals surface area contributed by atoms with Crippen molar-refractivity contribution >= 4 is 34.2 Å². The molecule has 1 saturated carbocycles. The monoisotopic (exact) mass is 426 g/mol. The molecule has 0 saturated heterocycles. The number of carbonyl (C=O) groups excluding carboxylic acids is 1. The molecule has 1 unspecified atom stereocenters. The molecular formula is C19H21BrClFN2O. The first-order valence-electron chi connectivity index (χ1n) is 8.13. The van der Waals surface area contributed by atoms with Gasteiger partial charge in [-0.2, -0.15) is 0 Å². The van der Waals surface area contributed by atoms with Crippen LogP contribution in [0.5, 0.6) is 0 Å². The Morgan fingerprint density at radius 3 is 2.48 bits per heavy atom. The van der Waals surface area contributed by atoms with Crippen LogP contribution in [0.15, 0.2) is 53.0 Å². The fraction of sp³-hybridized carbons (Fsp3) is 0.316. The minimum Gasteiger partial charge on any atom is -0.344 e. The van der Waals surface area contributed by atoms with Crippen molar-refractivity contribution in [1.82, 2.24) is 10.6 Å². The highest BCUT2D eigenvalue weighted by Crippen LogP contribution is 2.27. The molecule has 0 heterocycles. The number of rotatable bonds is 7. The third kappa shape index (κ3) is 6.10. The Morgan fingerprint density at radius 2 is 1.84 bits per heavy atom. The van der Waals surface area contributed by atoms with E-state index in [4.69, 9.17) is 0 Å². The number of halogens is 3. The van der Waals surface area contributed by atoms with Gasteiger partial charge in [0.15, 0.2) is 0 Å². The number of benzene rings is 2. The maximum Gasteiger partial charge on any atom is 0.234 e. The molecule has 1 fully saturated rings. The van der Waals surface area contributed by atoms with Gasteiger partial charge in [0.05, 0.1) is 12.6 Å². The maximum absolute atomic E-state index is 13.6. The molecule has 0 spiro atoms. The molecule has 0 aliphatic heterocycles. The van der Waals surface area contributed by atoms with Crippen LogP contribution >= 0.6 is 28.3 Å². The molecule has 3 rings (SSSR count). The van der Waals surface area contributed by atoms with Gasteiger partial charge in [-0.15, -0.1) is 12.4 Å². The number of amides is 1. The molecule has 3 nitrogen and oxygen atoms in total. The van der Waals surface area contributed by atoms with Gasteiger partial charge in [-0.05, 0) is 60.7 Å². The van der Waals surface area contributed by atoms with Crippen molar-refractivity contribution in [3.05, 3.63) is 69.9 Å². The van der Waals surface area contributed by atoms with Gasteiger partial charge in [0.2, 0.25) is 5.91 Å². The lowest BCUT2D eigenvalue weighted by Crippen LogP contribution is -2.37. The minimum absolute atomic E-state index is 0. The van der Waals surface area contributed by atoms with Crippen LogP contribution < -0.4 is 10.6 Å². The number of hydrogen-bond acceptors (Lipinski definition) is 2. The van der Waals surface area contributed by atoms with Gasteiger partial charge in [-0.25, -0.2) is 4.39 Å². The van der Waals surface area contributed by atoms with Crippen LogP contribution in [-0.2, 0) is 4.79 Å². The van der Waals surface area contributed by atoms with Crippen molar-refractivity contribution in [3.63, 3.8) is 0 Å². The summed E-state index contributed by atoms with van der Waals surface area (Å²) in [6, 6.07) is 13.7. The molecule has 0 aromatic heterocycles. The Hall–Kier alpha value is -1.43. The summed E-state index contributed by atoms with van der Waals surface area (Å²) in [5.41, 5.74) is 1.63. The minimum atomic E-state index is -0.381. The highest BCUT2D eigenvalue weighted by Gasteiger charge is 2.21. The van der Waals surface area contributed by atoms with Crippen molar-refractivity contribution < 1.29 is 9.18 Å². The van der Waals surface area contributed by atoms with E-state index in [1.54, 1.807) is 6.07 Å². The summed E-state index contributed by atoms with van der Waals surface area (Å²) < 4.78 is 14.5. The molecule has 2 aromatic carbocycles. The molecule has 2 aromatic rings. The molecule has 1 atom stereocenters. The van der Waals surface area contributed by atoms with E-state index in [0.29, 0.717) is 0 Å². The van der Waals surface area contributed by atoms with Crippen LogP contribution in [0.1, 0.15) is 30.0 Å². The van der Waals surface area contributed by atoms with Crippen LogP contribution in [0.2, 0.25) is 0 Å². The second-order valence-corrected chi connectivity index (χ2v) is 7.10. The van der Waals surface area contributed by atoms with E-state index < -0.39 is 0 Å². The van der Waals surface area contributed by atoms with Crippen LogP contribution in [0.3, 0.4) is 0 Å². The van der Waals surface area contributed by atoms with E-state index in [-0.39, 0.29) is 36.7 Å². The third-order valence-electron chi connectivity index (χ3n) is 4.08. The first kappa shape index (κ1) is 19.9. The lowest BCUT2D eigenvalue weighted by atomic mass is 9.98. The second kappa shape index (κ2) is 9.32. The predicted molar refractivity (Wildman–Crippen MR) is 103 cm³/mol. The van der Waals surface area contributed by atoms with Crippen molar-refractivity contribution in [2.24, 2.45) is 5.92 Å². The molecule has 0 bridgehead atoms. The summed E-state index contributed by atoms with van der Waals surface area (Å²) in [5.74, 6) is 0.320. The van der Waals surface area contributed by atoms with E-state index in [2.05, 4.69) is 26.6 Å². The lowest BCUT2D eigenvalue weighted by Gasteiger charge is -2.20. The zero-order valence-electron chi connectivity index (χ0n) is 13.7. The van der Waals surface area contributed by atoms with Gasteiger partial charge in [-0.3, -0.25) is 4.79 Å². The molecule has 0 radical (unpaired) electrons.